The maximum atomic E-state index is 12.4. The largest absolute Gasteiger partial charge is 0.485 e. The van der Waals surface area contributed by atoms with Gasteiger partial charge in [0.2, 0.25) is 5.88 Å². The molecule has 2 aliphatic heterocycles. The number of likely N-dealkylation sites (tertiary alicyclic amines) is 1. The lowest BCUT2D eigenvalue weighted by Gasteiger charge is -2.46. The van der Waals surface area contributed by atoms with E-state index in [1.807, 2.05) is 20.8 Å². The van der Waals surface area contributed by atoms with Crippen molar-refractivity contribution < 1.29 is 28.5 Å². The molecule has 160 valence electrons. The number of aromatic nitrogens is 1. The van der Waals surface area contributed by atoms with E-state index in [1.54, 1.807) is 24.1 Å². The average Bonchev–Trinajstić information content (AvgIpc) is 2.66. The molecule has 0 bridgehead atoms. The molecule has 0 aromatic carbocycles. The Morgan fingerprint density at radius 2 is 1.93 bits per heavy atom. The van der Waals surface area contributed by atoms with E-state index in [0.717, 1.165) is 0 Å². The molecule has 3 heterocycles. The number of fused-ring (bicyclic) bond motifs is 1. The third kappa shape index (κ3) is 4.83. The quantitative estimate of drug-likeness (QED) is 0.804. The Hall–Kier alpha value is -2.71. The molecular formula is C20H29N3O6. The number of nitrogens with one attached hydrogen (secondary N) is 1. The topological polar surface area (TPSA) is 99.2 Å². The maximum absolute atomic E-state index is 12.4. The molecular weight excluding hydrogens is 378 g/mol. The van der Waals surface area contributed by atoms with Crippen molar-refractivity contribution >= 4 is 12.2 Å². The minimum Gasteiger partial charge on any atom is -0.485 e. The van der Waals surface area contributed by atoms with Gasteiger partial charge >= 0.3 is 12.2 Å². The number of carbonyl (C=O) groups excluding carboxylic acids is 2. The fourth-order valence-corrected chi connectivity index (χ4v) is 3.74. The van der Waals surface area contributed by atoms with Gasteiger partial charge in [0.15, 0.2) is 0 Å². The Morgan fingerprint density at radius 1 is 1.24 bits per heavy atom. The predicted molar refractivity (Wildman–Crippen MR) is 104 cm³/mol. The van der Waals surface area contributed by atoms with Crippen LogP contribution in [0.1, 0.15) is 51.8 Å². The zero-order chi connectivity index (χ0) is 21.2. The van der Waals surface area contributed by atoms with Crippen LogP contribution in [0.3, 0.4) is 0 Å². The molecule has 0 radical (unpaired) electrons. The smallest absolute Gasteiger partial charge is 0.409 e. The normalized spacial score (nSPS) is 20.3. The van der Waals surface area contributed by atoms with Gasteiger partial charge in [-0.25, -0.2) is 14.6 Å². The van der Waals surface area contributed by atoms with Crippen molar-refractivity contribution in [2.24, 2.45) is 0 Å². The number of alkyl carbamates (subject to hydrolysis) is 1. The molecule has 9 nitrogen and oxygen atoms in total. The number of pyridine rings is 1. The molecule has 0 unspecified atom stereocenters. The van der Waals surface area contributed by atoms with Crippen LogP contribution in [-0.4, -0.2) is 60.6 Å². The summed E-state index contributed by atoms with van der Waals surface area (Å²) in [6, 6.07) is 3.14. The van der Waals surface area contributed by atoms with Gasteiger partial charge in [0.05, 0.1) is 20.3 Å². The van der Waals surface area contributed by atoms with Gasteiger partial charge in [0, 0.05) is 38.4 Å². The molecule has 1 aromatic rings. The van der Waals surface area contributed by atoms with Crippen LogP contribution < -0.4 is 14.8 Å². The van der Waals surface area contributed by atoms with E-state index in [0.29, 0.717) is 49.7 Å². The molecule has 1 fully saturated rings. The van der Waals surface area contributed by atoms with Crippen LogP contribution in [0.2, 0.25) is 0 Å². The molecule has 9 heteroatoms. The first kappa shape index (κ1) is 21.0. The Balaban J connectivity index is 1.83. The number of methoxy groups -OCH3 is 2. The first-order valence-corrected chi connectivity index (χ1v) is 9.71. The summed E-state index contributed by atoms with van der Waals surface area (Å²) >= 11 is 0. The number of piperidine rings is 1. The molecule has 1 N–H and O–H groups in total. The average molecular weight is 407 g/mol. The van der Waals surface area contributed by atoms with E-state index in [-0.39, 0.29) is 6.09 Å². The standard InChI is InChI=1S/C20H29N3O6/c1-19(2,3)29-17(24)21-13-12-20(8-10-23(11-9-20)18(25)27-5)28-14-6-7-15(26-4)22-16(13)14/h6-7,13H,8-12H2,1-5H3,(H,21,24)/t13-/m0/s1. The molecule has 1 saturated heterocycles. The van der Waals surface area contributed by atoms with Crippen LogP contribution in [0.4, 0.5) is 9.59 Å². The zero-order valence-electron chi connectivity index (χ0n) is 17.6. The van der Waals surface area contributed by atoms with Crippen LogP contribution in [0.5, 0.6) is 11.6 Å². The van der Waals surface area contributed by atoms with Crippen LogP contribution >= 0.6 is 0 Å². The summed E-state index contributed by atoms with van der Waals surface area (Å²) in [6.45, 7) is 6.48. The van der Waals surface area contributed by atoms with Crippen molar-refractivity contribution in [2.75, 3.05) is 27.3 Å². The van der Waals surface area contributed by atoms with Gasteiger partial charge in [-0.1, -0.05) is 0 Å². The van der Waals surface area contributed by atoms with Crippen molar-refractivity contribution in [3.8, 4) is 11.6 Å². The third-order valence-electron chi connectivity index (χ3n) is 5.10. The Kier molecular flexibility index (Phi) is 5.77. The molecule has 0 aliphatic carbocycles. The first-order valence-electron chi connectivity index (χ1n) is 9.71. The minimum atomic E-state index is -0.608. The zero-order valence-corrected chi connectivity index (χ0v) is 17.6. The molecule has 29 heavy (non-hydrogen) atoms. The number of carbonyl (C=O) groups is 2. The van der Waals surface area contributed by atoms with Crippen molar-refractivity contribution in [3.05, 3.63) is 17.8 Å². The van der Waals surface area contributed by atoms with E-state index in [9.17, 15) is 9.59 Å². The summed E-state index contributed by atoms with van der Waals surface area (Å²) in [5.74, 6) is 1.05. The van der Waals surface area contributed by atoms with Gasteiger partial charge in [0.1, 0.15) is 22.6 Å². The monoisotopic (exact) mass is 407 g/mol. The lowest BCUT2D eigenvalue weighted by atomic mass is 9.82. The Labute approximate surface area is 170 Å². The molecule has 1 aromatic heterocycles. The number of ether oxygens (including phenoxy) is 4. The second-order valence-corrected chi connectivity index (χ2v) is 8.38. The number of hydrogen-bond donors (Lipinski definition) is 1. The third-order valence-corrected chi connectivity index (χ3v) is 5.10. The fraction of sp³-hybridized carbons (Fsp3) is 0.650. The highest BCUT2D eigenvalue weighted by Crippen LogP contribution is 2.44. The summed E-state index contributed by atoms with van der Waals surface area (Å²) in [5, 5.41) is 2.94. The molecule has 2 aliphatic rings. The highest BCUT2D eigenvalue weighted by Gasteiger charge is 2.45. The SMILES string of the molecule is COC(=O)N1CCC2(CC1)C[C@H](NC(=O)OC(C)(C)C)c1nc(OC)ccc1O2. The van der Waals surface area contributed by atoms with Crippen molar-refractivity contribution in [2.45, 2.75) is 57.3 Å². The molecule has 3 rings (SSSR count). The Bertz CT molecular complexity index is 768. The first-order chi connectivity index (χ1) is 13.6. The molecule has 1 atom stereocenters. The van der Waals surface area contributed by atoms with Crippen molar-refractivity contribution in [1.82, 2.24) is 15.2 Å². The molecule has 1 spiro atoms. The van der Waals surface area contributed by atoms with Gasteiger partial charge in [0.25, 0.3) is 0 Å². The second kappa shape index (κ2) is 7.96. The van der Waals surface area contributed by atoms with E-state index < -0.39 is 23.3 Å². The number of rotatable bonds is 2. The van der Waals surface area contributed by atoms with E-state index in [1.165, 1.54) is 7.11 Å². The maximum Gasteiger partial charge on any atom is 0.409 e. The minimum absolute atomic E-state index is 0.342. The Morgan fingerprint density at radius 3 is 2.52 bits per heavy atom. The van der Waals surface area contributed by atoms with Gasteiger partial charge in [-0.3, -0.25) is 0 Å². The van der Waals surface area contributed by atoms with E-state index in [4.69, 9.17) is 18.9 Å². The summed E-state index contributed by atoms with van der Waals surface area (Å²) in [7, 11) is 2.92. The summed E-state index contributed by atoms with van der Waals surface area (Å²) < 4.78 is 21.8. The number of nitrogens with zero attached hydrogens (tertiary/aromatic N) is 2. The number of hydrogen-bond acceptors (Lipinski definition) is 7. The molecule has 0 saturated carbocycles. The van der Waals surface area contributed by atoms with E-state index >= 15 is 0 Å². The molecule has 2 amide bonds. The van der Waals surface area contributed by atoms with Crippen LogP contribution in [0, 0.1) is 0 Å². The van der Waals surface area contributed by atoms with Gasteiger partial charge in [-0.05, 0) is 26.8 Å². The summed E-state index contributed by atoms with van der Waals surface area (Å²) in [6.07, 6.45) is 0.919. The number of amides is 2. The lowest BCUT2D eigenvalue weighted by molar-refractivity contribution is -0.0253. The predicted octanol–water partition coefficient (Wildman–Crippen LogP) is 3.04. The second-order valence-electron chi connectivity index (χ2n) is 8.38. The van der Waals surface area contributed by atoms with Crippen LogP contribution in [0.15, 0.2) is 12.1 Å². The van der Waals surface area contributed by atoms with Gasteiger partial charge in [-0.2, -0.15) is 0 Å². The highest BCUT2D eigenvalue weighted by molar-refractivity contribution is 5.69. The fourth-order valence-electron chi connectivity index (χ4n) is 3.74. The van der Waals surface area contributed by atoms with Gasteiger partial charge in [-0.15, -0.1) is 0 Å². The highest BCUT2D eigenvalue weighted by atomic mass is 16.6. The van der Waals surface area contributed by atoms with Gasteiger partial charge < -0.3 is 29.2 Å². The van der Waals surface area contributed by atoms with Crippen LogP contribution in [-0.2, 0) is 9.47 Å². The summed E-state index contributed by atoms with van der Waals surface area (Å²) in [5.41, 5.74) is -0.507. The lowest BCUT2D eigenvalue weighted by Crippen LogP contribution is -2.53. The van der Waals surface area contributed by atoms with Crippen molar-refractivity contribution in [1.29, 1.82) is 0 Å². The van der Waals surface area contributed by atoms with Crippen molar-refractivity contribution in [3.63, 3.8) is 0 Å². The summed E-state index contributed by atoms with van der Waals surface area (Å²) in [4.78, 5) is 30.4. The van der Waals surface area contributed by atoms with Crippen LogP contribution in [0.25, 0.3) is 0 Å². The van der Waals surface area contributed by atoms with E-state index in [2.05, 4.69) is 10.3 Å².